The molecule has 0 aliphatic rings. The van der Waals surface area contributed by atoms with E-state index in [1.807, 2.05) is 26.0 Å². The number of amides is 2. The van der Waals surface area contributed by atoms with Crippen molar-refractivity contribution in [3.8, 4) is 11.5 Å². The van der Waals surface area contributed by atoms with E-state index in [1.54, 1.807) is 37.4 Å². The highest BCUT2D eigenvalue weighted by Crippen LogP contribution is 2.22. The van der Waals surface area contributed by atoms with Gasteiger partial charge in [0.05, 0.1) is 7.11 Å². The highest BCUT2D eigenvalue weighted by atomic mass is 32.1. The van der Waals surface area contributed by atoms with Crippen LogP contribution in [0.15, 0.2) is 42.5 Å². The Morgan fingerprint density at radius 1 is 1.04 bits per heavy atom. The molecule has 0 saturated heterocycles. The van der Waals surface area contributed by atoms with Gasteiger partial charge in [0.15, 0.2) is 0 Å². The molecule has 0 spiro atoms. The van der Waals surface area contributed by atoms with Crippen LogP contribution in [0.25, 0.3) is 0 Å². The van der Waals surface area contributed by atoms with Crippen LogP contribution in [0.3, 0.4) is 0 Å². The molecule has 0 fully saturated rings. The van der Waals surface area contributed by atoms with Gasteiger partial charge in [-0.2, -0.15) is 0 Å². The summed E-state index contributed by atoms with van der Waals surface area (Å²) in [6.45, 7) is 4.47. The minimum Gasteiger partial charge on any atom is -0.497 e. The maximum Gasteiger partial charge on any atom is 0.271 e. The number of methoxy groups -OCH3 is 1. The summed E-state index contributed by atoms with van der Waals surface area (Å²) in [5.74, 6) is 0.722. The summed E-state index contributed by atoms with van der Waals surface area (Å²) in [4.78, 5) is 24.1. The maximum atomic E-state index is 12.1. The van der Waals surface area contributed by atoms with Gasteiger partial charge in [0.1, 0.15) is 11.5 Å². The quantitative estimate of drug-likeness (QED) is 0.369. The molecule has 0 radical (unpaired) electrons. The lowest BCUT2D eigenvalue weighted by atomic mass is 10.1. The molecule has 0 aliphatic heterocycles. The molecule has 0 saturated carbocycles. The van der Waals surface area contributed by atoms with Gasteiger partial charge >= 0.3 is 0 Å². The molecule has 2 rings (SSSR count). The molecule has 0 heterocycles. The minimum absolute atomic E-state index is 0.221. The topological polar surface area (TPSA) is 76.7 Å². The fourth-order valence-corrected chi connectivity index (χ4v) is 2.52. The molecule has 0 aromatic heterocycles. The molecule has 2 N–H and O–H groups in total. The summed E-state index contributed by atoms with van der Waals surface area (Å²) in [5, 5.41) is 5.42. The number of rotatable bonds is 8. The van der Waals surface area contributed by atoms with Crippen LogP contribution in [-0.4, -0.2) is 37.4 Å². The largest absolute Gasteiger partial charge is 0.497 e. The van der Waals surface area contributed by atoms with Gasteiger partial charge < -0.3 is 20.1 Å². The molecule has 2 amide bonds. The van der Waals surface area contributed by atoms with Crippen molar-refractivity contribution < 1.29 is 19.1 Å². The minimum atomic E-state index is -0.928. The number of carbonyl (C=O) groups excluding carboxylic acids is 2. The zero-order chi connectivity index (χ0) is 19.8. The van der Waals surface area contributed by atoms with Crippen LogP contribution in [0.1, 0.15) is 21.5 Å². The highest BCUT2D eigenvalue weighted by Gasteiger charge is 2.16. The van der Waals surface area contributed by atoms with Crippen LogP contribution in [0.5, 0.6) is 11.5 Å². The molecular weight excluding hydrogens is 364 g/mol. The molecule has 0 bridgehead atoms. The lowest BCUT2D eigenvalue weighted by Crippen LogP contribution is -2.39. The van der Waals surface area contributed by atoms with Crippen molar-refractivity contribution in [2.75, 3.05) is 20.2 Å². The first-order valence-corrected chi connectivity index (χ1v) is 9.05. The van der Waals surface area contributed by atoms with E-state index in [0.717, 1.165) is 11.1 Å². The van der Waals surface area contributed by atoms with Crippen molar-refractivity contribution in [1.82, 2.24) is 10.6 Å². The zero-order valence-electron chi connectivity index (χ0n) is 15.6. The standard InChI is InChI=1S/C20H24N2O4S/c1-13-5-4-6-17(14(13)2)26-20(27)19(24)22-12-11-21-18(23)15-7-9-16(25-3)10-8-15/h4-10,20,27H,11-12H2,1-3H3,(H,21,23)(H,22,24). The van der Waals surface area contributed by atoms with E-state index in [1.165, 1.54) is 0 Å². The van der Waals surface area contributed by atoms with E-state index in [9.17, 15) is 9.59 Å². The SMILES string of the molecule is COc1ccc(C(=O)NCCNC(=O)C(S)Oc2cccc(C)c2C)cc1. The molecule has 6 nitrogen and oxygen atoms in total. The molecule has 1 unspecified atom stereocenters. The molecular formula is C20H24N2O4S. The van der Waals surface area contributed by atoms with Crippen LogP contribution in [0, 0.1) is 13.8 Å². The zero-order valence-corrected chi connectivity index (χ0v) is 16.5. The van der Waals surface area contributed by atoms with Crippen molar-refractivity contribution in [1.29, 1.82) is 0 Å². The van der Waals surface area contributed by atoms with Gasteiger partial charge in [-0.1, -0.05) is 12.1 Å². The van der Waals surface area contributed by atoms with Gasteiger partial charge in [0.2, 0.25) is 5.44 Å². The predicted octanol–water partition coefficient (Wildman–Crippen LogP) is 2.49. The third-order valence-electron chi connectivity index (χ3n) is 4.08. The van der Waals surface area contributed by atoms with Crippen molar-refractivity contribution >= 4 is 24.4 Å². The van der Waals surface area contributed by atoms with Crippen LogP contribution < -0.4 is 20.1 Å². The third-order valence-corrected chi connectivity index (χ3v) is 4.42. The van der Waals surface area contributed by atoms with E-state index in [4.69, 9.17) is 9.47 Å². The van der Waals surface area contributed by atoms with Crippen molar-refractivity contribution in [2.45, 2.75) is 19.3 Å². The molecule has 2 aromatic rings. The van der Waals surface area contributed by atoms with Gasteiger partial charge in [-0.3, -0.25) is 9.59 Å². The number of benzene rings is 2. The van der Waals surface area contributed by atoms with Crippen molar-refractivity contribution in [2.24, 2.45) is 0 Å². The number of thiol groups is 1. The third kappa shape index (κ3) is 5.92. The Morgan fingerprint density at radius 3 is 2.37 bits per heavy atom. The lowest BCUT2D eigenvalue weighted by Gasteiger charge is -2.16. The van der Waals surface area contributed by atoms with Crippen LogP contribution in [0.4, 0.5) is 0 Å². The summed E-state index contributed by atoms with van der Waals surface area (Å²) in [6, 6.07) is 12.4. The normalized spacial score (nSPS) is 11.4. The van der Waals surface area contributed by atoms with Gasteiger partial charge in [0, 0.05) is 18.7 Å². The second-order valence-electron chi connectivity index (χ2n) is 5.94. The summed E-state index contributed by atoms with van der Waals surface area (Å²) in [6.07, 6.45) is 0. The van der Waals surface area contributed by atoms with E-state index in [-0.39, 0.29) is 18.4 Å². The summed E-state index contributed by atoms with van der Waals surface area (Å²) < 4.78 is 10.7. The van der Waals surface area contributed by atoms with Gasteiger partial charge in [-0.05, 0) is 55.3 Å². The first-order chi connectivity index (χ1) is 12.9. The average molecular weight is 388 g/mol. The molecule has 0 aliphatic carbocycles. The van der Waals surface area contributed by atoms with Gasteiger partial charge in [0.25, 0.3) is 11.8 Å². The lowest BCUT2D eigenvalue weighted by molar-refractivity contribution is -0.124. The summed E-state index contributed by atoms with van der Waals surface area (Å²) >= 11 is 4.20. The van der Waals surface area contributed by atoms with E-state index in [2.05, 4.69) is 23.3 Å². The number of carbonyl (C=O) groups is 2. The first kappa shape index (κ1) is 20.6. The molecule has 1 atom stereocenters. The Hall–Kier alpha value is -2.67. The van der Waals surface area contributed by atoms with Crippen molar-refractivity contribution in [3.05, 3.63) is 59.2 Å². The summed E-state index contributed by atoms with van der Waals surface area (Å²) in [5.41, 5.74) is 1.64. The fraction of sp³-hybridized carbons (Fsp3) is 0.300. The van der Waals surface area contributed by atoms with Gasteiger partial charge in [-0.25, -0.2) is 0 Å². The average Bonchev–Trinajstić information content (AvgIpc) is 2.68. The smallest absolute Gasteiger partial charge is 0.271 e. The number of ether oxygens (including phenoxy) is 2. The fourth-order valence-electron chi connectivity index (χ4n) is 2.32. The Bertz CT molecular complexity index is 793. The maximum absolute atomic E-state index is 12.1. The second kappa shape index (κ2) is 9.87. The predicted molar refractivity (Wildman–Crippen MR) is 108 cm³/mol. The number of hydrogen-bond donors (Lipinski definition) is 3. The summed E-state index contributed by atoms with van der Waals surface area (Å²) in [7, 11) is 1.57. The Balaban J connectivity index is 1.74. The Morgan fingerprint density at radius 2 is 1.70 bits per heavy atom. The Labute approximate surface area is 164 Å². The number of aryl methyl sites for hydroxylation is 1. The molecule has 7 heteroatoms. The van der Waals surface area contributed by atoms with Crippen LogP contribution in [-0.2, 0) is 4.79 Å². The molecule has 144 valence electrons. The van der Waals surface area contributed by atoms with E-state index < -0.39 is 5.44 Å². The van der Waals surface area contributed by atoms with E-state index >= 15 is 0 Å². The van der Waals surface area contributed by atoms with Crippen molar-refractivity contribution in [3.63, 3.8) is 0 Å². The van der Waals surface area contributed by atoms with Crippen LogP contribution in [0.2, 0.25) is 0 Å². The Kier molecular flexibility index (Phi) is 7.55. The number of nitrogens with one attached hydrogen (secondary N) is 2. The monoisotopic (exact) mass is 388 g/mol. The molecule has 27 heavy (non-hydrogen) atoms. The van der Waals surface area contributed by atoms with Gasteiger partial charge in [-0.15, -0.1) is 12.6 Å². The first-order valence-electron chi connectivity index (χ1n) is 8.53. The number of hydrogen-bond acceptors (Lipinski definition) is 5. The second-order valence-corrected chi connectivity index (χ2v) is 6.41. The van der Waals surface area contributed by atoms with E-state index in [0.29, 0.717) is 23.6 Å². The highest BCUT2D eigenvalue weighted by molar-refractivity contribution is 7.81. The molecule has 2 aromatic carbocycles. The van der Waals surface area contributed by atoms with Crippen LogP contribution >= 0.6 is 12.6 Å².